The van der Waals surface area contributed by atoms with Gasteiger partial charge in [-0.15, -0.1) is 0 Å². The van der Waals surface area contributed by atoms with Gasteiger partial charge >= 0.3 is 0 Å². The van der Waals surface area contributed by atoms with E-state index in [0.717, 1.165) is 46.9 Å². The molecule has 0 aliphatic carbocycles. The van der Waals surface area contributed by atoms with Gasteiger partial charge in [-0.3, -0.25) is 9.59 Å². The SMILES string of the molecule is CC(C)(C)c1cccc(-c2ccccc2)[n+]1[O-].CC(C)(C)c1cccc(=O)[nH]1.CC(C)(C)c1cccc(C(=O)N2CCC2)n1. The van der Waals surface area contributed by atoms with E-state index in [1.54, 1.807) is 12.1 Å². The van der Waals surface area contributed by atoms with E-state index in [0.29, 0.717) is 11.4 Å². The highest BCUT2D eigenvalue weighted by Crippen LogP contribution is 2.23. The molecule has 1 aromatic carbocycles. The summed E-state index contributed by atoms with van der Waals surface area (Å²) in [5.41, 5.74) is 4.82. The lowest BCUT2D eigenvalue weighted by atomic mass is 9.91. The average molecular weight is 597 g/mol. The smallest absolute Gasteiger partial charge is 0.272 e. The minimum Gasteiger partial charge on any atom is -0.618 e. The minimum absolute atomic E-state index is 0.00869. The Morgan fingerprint density at radius 3 is 1.86 bits per heavy atom. The quantitative estimate of drug-likeness (QED) is 0.196. The van der Waals surface area contributed by atoms with Crippen molar-refractivity contribution in [3.63, 3.8) is 0 Å². The van der Waals surface area contributed by atoms with E-state index in [-0.39, 0.29) is 27.7 Å². The summed E-state index contributed by atoms with van der Waals surface area (Å²) in [6, 6.07) is 26.4. The van der Waals surface area contributed by atoms with Crippen LogP contribution in [0.4, 0.5) is 0 Å². The van der Waals surface area contributed by atoms with Crippen molar-refractivity contribution in [2.75, 3.05) is 13.1 Å². The summed E-state index contributed by atoms with van der Waals surface area (Å²) in [4.78, 5) is 31.9. The second kappa shape index (κ2) is 14.0. The Kier molecular flexibility index (Phi) is 10.9. The van der Waals surface area contributed by atoms with Crippen LogP contribution in [0.5, 0.6) is 0 Å². The van der Waals surface area contributed by atoms with E-state index in [2.05, 4.69) is 51.5 Å². The summed E-state index contributed by atoms with van der Waals surface area (Å²) in [6.45, 7) is 20.4. The molecule has 5 rings (SSSR count). The molecule has 0 radical (unpaired) electrons. The molecule has 4 aromatic rings. The molecule has 1 fully saturated rings. The topological polar surface area (TPSA) is 93.0 Å². The number of nitrogens with one attached hydrogen (secondary N) is 1. The highest BCUT2D eigenvalue weighted by molar-refractivity contribution is 5.92. The third kappa shape index (κ3) is 9.37. The van der Waals surface area contributed by atoms with Gasteiger partial charge < -0.3 is 15.1 Å². The van der Waals surface area contributed by atoms with Crippen molar-refractivity contribution >= 4 is 5.91 Å². The molecule has 0 spiro atoms. The number of nitrogens with zero attached hydrogens (tertiary/aromatic N) is 3. The van der Waals surface area contributed by atoms with Gasteiger partial charge in [-0.25, -0.2) is 4.98 Å². The van der Waals surface area contributed by atoms with Crippen LogP contribution in [0.3, 0.4) is 0 Å². The van der Waals surface area contributed by atoms with E-state index >= 15 is 0 Å². The lowest BCUT2D eigenvalue weighted by molar-refractivity contribution is -0.606. The minimum atomic E-state index is -0.146. The molecule has 0 bridgehead atoms. The predicted molar refractivity (Wildman–Crippen MR) is 179 cm³/mol. The van der Waals surface area contributed by atoms with Crippen molar-refractivity contribution in [1.82, 2.24) is 14.9 Å². The molecular formula is C37H48N4O3. The van der Waals surface area contributed by atoms with Crippen molar-refractivity contribution in [2.45, 2.75) is 85.0 Å². The molecule has 0 atom stereocenters. The van der Waals surface area contributed by atoms with Gasteiger partial charge in [0.15, 0.2) is 5.69 Å². The molecule has 1 aliphatic rings. The number of amides is 1. The van der Waals surface area contributed by atoms with Gasteiger partial charge in [-0.05, 0) is 42.8 Å². The molecule has 1 saturated heterocycles. The summed E-state index contributed by atoms with van der Waals surface area (Å²) < 4.78 is 1.04. The van der Waals surface area contributed by atoms with Gasteiger partial charge in [0.2, 0.25) is 11.3 Å². The maximum atomic E-state index is 12.3. The van der Waals surface area contributed by atoms with Crippen LogP contribution in [0.2, 0.25) is 0 Å². The molecule has 1 amide bonds. The molecule has 7 nitrogen and oxygen atoms in total. The third-order valence-electron chi connectivity index (χ3n) is 7.24. The number of benzene rings is 1. The Hall–Kier alpha value is -4.26. The van der Waals surface area contributed by atoms with Crippen LogP contribution < -0.4 is 10.3 Å². The first kappa shape index (κ1) is 34.2. The number of likely N-dealkylation sites (tertiary alicyclic amines) is 1. The maximum Gasteiger partial charge on any atom is 0.272 e. The van der Waals surface area contributed by atoms with Crippen LogP contribution in [-0.4, -0.2) is 33.9 Å². The molecule has 1 N–H and O–H groups in total. The van der Waals surface area contributed by atoms with Crippen molar-refractivity contribution in [1.29, 1.82) is 0 Å². The van der Waals surface area contributed by atoms with Gasteiger partial charge in [0.25, 0.3) is 5.91 Å². The van der Waals surface area contributed by atoms with Crippen LogP contribution in [0, 0.1) is 5.21 Å². The largest absolute Gasteiger partial charge is 0.618 e. The zero-order valence-corrected chi connectivity index (χ0v) is 27.8. The number of carbonyl (C=O) groups is 1. The number of rotatable bonds is 2. The first-order valence-corrected chi connectivity index (χ1v) is 15.2. The first-order valence-electron chi connectivity index (χ1n) is 15.2. The number of aromatic nitrogens is 3. The fraction of sp³-hybridized carbons (Fsp3) is 0.405. The highest BCUT2D eigenvalue weighted by atomic mass is 16.5. The normalized spacial score (nSPS) is 13.1. The second-order valence-corrected chi connectivity index (χ2v) is 14.2. The molecule has 7 heteroatoms. The van der Waals surface area contributed by atoms with Gasteiger partial charge in [0, 0.05) is 64.5 Å². The Labute approximate surface area is 262 Å². The zero-order valence-electron chi connectivity index (χ0n) is 27.8. The molecule has 3 aromatic heterocycles. The lowest BCUT2D eigenvalue weighted by Gasteiger charge is -2.30. The van der Waals surface area contributed by atoms with Gasteiger partial charge in [0.05, 0.1) is 0 Å². The zero-order chi connectivity index (χ0) is 32.7. The van der Waals surface area contributed by atoms with E-state index in [1.807, 2.05) is 92.4 Å². The lowest BCUT2D eigenvalue weighted by Crippen LogP contribution is -2.42. The van der Waals surface area contributed by atoms with Crippen LogP contribution >= 0.6 is 0 Å². The number of aromatic amines is 1. The molecule has 234 valence electrons. The standard InChI is InChI=1S/C15H17NO.C13H18N2O.C9H13NO/c1-15(2,3)14-11-7-10-13(16(14)17)12-8-5-4-6-9-12;1-13(2,3)11-7-4-6-10(14-11)12(16)15-8-5-9-15;1-9(2,3)7-5-4-6-8(11)10-7/h4-11H,1-3H3;4,6-7H,5,8-9H2,1-3H3;4-6H,1-3H3,(H,10,11). The Bertz CT molecular complexity index is 1590. The summed E-state index contributed by atoms with van der Waals surface area (Å²) in [6.07, 6.45) is 1.12. The first-order chi connectivity index (χ1) is 20.5. The van der Waals surface area contributed by atoms with Crippen molar-refractivity contribution < 1.29 is 9.52 Å². The van der Waals surface area contributed by atoms with Crippen molar-refractivity contribution in [2.24, 2.45) is 0 Å². The fourth-order valence-corrected chi connectivity index (χ4v) is 4.41. The summed E-state index contributed by atoms with van der Waals surface area (Å²) in [5, 5.41) is 12.3. The Balaban J connectivity index is 0.000000185. The van der Waals surface area contributed by atoms with Gasteiger partial charge in [-0.1, -0.05) is 92.6 Å². The summed E-state index contributed by atoms with van der Waals surface area (Å²) in [7, 11) is 0. The van der Waals surface area contributed by atoms with Crippen LogP contribution in [-0.2, 0) is 16.2 Å². The maximum absolute atomic E-state index is 12.3. The number of carbonyl (C=O) groups excluding carboxylic acids is 1. The molecule has 0 unspecified atom stereocenters. The molecule has 4 heterocycles. The van der Waals surface area contributed by atoms with Crippen molar-refractivity contribution in [3.05, 3.63) is 123 Å². The van der Waals surface area contributed by atoms with Gasteiger partial charge in [-0.2, -0.15) is 4.73 Å². The van der Waals surface area contributed by atoms with Crippen LogP contribution in [0.25, 0.3) is 11.3 Å². The second-order valence-electron chi connectivity index (χ2n) is 14.2. The van der Waals surface area contributed by atoms with E-state index < -0.39 is 0 Å². The molecule has 0 saturated carbocycles. The third-order valence-corrected chi connectivity index (χ3v) is 7.24. The monoisotopic (exact) mass is 596 g/mol. The fourth-order valence-electron chi connectivity index (χ4n) is 4.41. The summed E-state index contributed by atoms with van der Waals surface area (Å²) in [5.74, 6) is 0.0670. The molecule has 1 aliphatic heterocycles. The van der Waals surface area contributed by atoms with Crippen LogP contribution in [0.15, 0.2) is 89.7 Å². The Morgan fingerprint density at radius 1 is 0.750 bits per heavy atom. The molecular weight excluding hydrogens is 548 g/mol. The highest BCUT2D eigenvalue weighted by Gasteiger charge is 2.25. The average Bonchev–Trinajstić information content (AvgIpc) is 2.92. The Morgan fingerprint density at radius 2 is 1.36 bits per heavy atom. The van der Waals surface area contributed by atoms with E-state index in [9.17, 15) is 14.8 Å². The number of H-pyrrole nitrogens is 1. The predicted octanol–water partition coefficient (Wildman–Crippen LogP) is 7.18. The van der Waals surface area contributed by atoms with E-state index in [1.165, 1.54) is 6.07 Å². The van der Waals surface area contributed by atoms with Crippen molar-refractivity contribution in [3.8, 4) is 11.3 Å². The van der Waals surface area contributed by atoms with Gasteiger partial charge in [0.1, 0.15) is 5.69 Å². The number of hydrogen-bond acceptors (Lipinski definition) is 4. The molecule has 44 heavy (non-hydrogen) atoms. The summed E-state index contributed by atoms with van der Waals surface area (Å²) >= 11 is 0. The van der Waals surface area contributed by atoms with E-state index in [4.69, 9.17) is 0 Å². The number of hydrogen-bond donors (Lipinski definition) is 1. The number of pyridine rings is 3. The van der Waals surface area contributed by atoms with Crippen LogP contribution in [0.1, 0.15) is 96.3 Å².